The van der Waals surface area contributed by atoms with E-state index >= 15 is 0 Å². The first-order valence-corrected chi connectivity index (χ1v) is 10.8. The number of benzene rings is 3. The van der Waals surface area contributed by atoms with Crippen molar-refractivity contribution < 1.29 is 9.59 Å². The van der Waals surface area contributed by atoms with Gasteiger partial charge in [0.1, 0.15) is 0 Å². The van der Waals surface area contributed by atoms with E-state index in [1.807, 2.05) is 49.4 Å². The zero-order valence-electron chi connectivity index (χ0n) is 16.3. The maximum atomic E-state index is 13.0. The van der Waals surface area contributed by atoms with Crippen LogP contribution in [0, 0.1) is 3.57 Å². The second kappa shape index (κ2) is 10.3. The Morgan fingerprint density at radius 2 is 1.67 bits per heavy atom. The summed E-state index contributed by atoms with van der Waals surface area (Å²) >= 11 is 7.38. The molecule has 0 unspecified atom stereocenters. The predicted molar refractivity (Wildman–Crippen MR) is 133 cm³/mol. The summed E-state index contributed by atoms with van der Waals surface area (Å²) < 4.78 is 0.837. The molecule has 0 bridgehead atoms. The fraction of sp³-hybridized carbons (Fsp3) is 0.0870. The van der Waals surface area contributed by atoms with Crippen LogP contribution in [-0.2, 0) is 0 Å². The highest BCUT2D eigenvalue weighted by atomic mass is 127. The van der Waals surface area contributed by atoms with E-state index in [0.29, 0.717) is 23.4 Å². The van der Waals surface area contributed by atoms with Crippen LogP contribution in [0.5, 0.6) is 0 Å². The largest absolute Gasteiger partial charge is 0.332 e. The highest BCUT2D eigenvalue weighted by Crippen LogP contribution is 2.19. The Labute approximate surface area is 194 Å². The van der Waals surface area contributed by atoms with Gasteiger partial charge >= 0.3 is 0 Å². The minimum Gasteiger partial charge on any atom is -0.332 e. The number of carbonyl (C=O) groups is 2. The van der Waals surface area contributed by atoms with Crippen molar-refractivity contribution in [3.8, 4) is 0 Å². The number of rotatable bonds is 5. The molecule has 0 atom stereocenters. The number of thiocarbonyl (C=S) groups is 1. The van der Waals surface area contributed by atoms with Crippen molar-refractivity contribution in [1.29, 1.82) is 0 Å². The molecular weight excluding hydrogens is 509 g/mol. The van der Waals surface area contributed by atoms with Gasteiger partial charge in [-0.15, -0.1) is 0 Å². The van der Waals surface area contributed by atoms with Gasteiger partial charge in [-0.1, -0.05) is 36.4 Å². The highest BCUT2D eigenvalue weighted by molar-refractivity contribution is 14.1. The number of carbonyl (C=O) groups excluding carboxylic acids is 2. The van der Waals surface area contributed by atoms with Crippen LogP contribution < -0.4 is 15.5 Å². The lowest BCUT2D eigenvalue weighted by atomic mass is 10.1. The molecule has 0 aliphatic carbocycles. The van der Waals surface area contributed by atoms with Crippen molar-refractivity contribution in [2.24, 2.45) is 0 Å². The third kappa shape index (κ3) is 5.43. The maximum Gasteiger partial charge on any atom is 0.258 e. The fourth-order valence-corrected chi connectivity index (χ4v) is 3.76. The van der Waals surface area contributed by atoms with E-state index in [2.05, 4.69) is 33.2 Å². The van der Waals surface area contributed by atoms with E-state index < -0.39 is 0 Å². The van der Waals surface area contributed by atoms with E-state index in [-0.39, 0.29) is 16.9 Å². The van der Waals surface area contributed by atoms with Gasteiger partial charge < -0.3 is 10.2 Å². The van der Waals surface area contributed by atoms with Gasteiger partial charge in [0.2, 0.25) is 0 Å². The van der Waals surface area contributed by atoms with Crippen LogP contribution in [0.3, 0.4) is 0 Å². The molecule has 3 rings (SSSR count). The minimum atomic E-state index is -0.286. The molecule has 3 aromatic rings. The van der Waals surface area contributed by atoms with E-state index in [0.717, 1.165) is 9.26 Å². The van der Waals surface area contributed by atoms with Crippen LogP contribution in [0.1, 0.15) is 27.6 Å². The standard InChI is InChI=1S/C23H20IN3O2S/c1-2-27(18-11-4-3-5-12-18)22(29)16-9-8-10-17(15-16)25-23(30)26-21(28)19-13-6-7-14-20(19)24/h3-15H,2H2,1H3,(H2,25,26,28,30). The van der Waals surface area contributed by atoms with Gasteiger partial charge in [-0.2, -0.15) is 0 Å². The monoisotopic (exact) mass is 529 g/mol. The summed E-state index contributed by atoms with van der Waals surface area (Å²) in [7, 11) is 0. The summed E-state index contributed by atoms with van der Waals surface area (Å²) in [6.45, 7) is 2.48. The summed E-state index contributed by atoms with van der Waals surface area (Å²) in [5.74, 6) is -0.396. The SMILES string of the molecule is CCN(C(=O)c1cccc(NC(=S)NC(=O)c2ccccc2I)c1)c1ccccc1. The van der Waals surface area contributed by atoms with Gasteiger partial charge in [0.05, 0.1) is 5.56 Å². The van der Waals surface area contributed by atoms with E-state index in [1.54, 1.807) is 41.3 Å². The molecule has 3 aromatic carbocycles. The van der Waals surface area contributed by atoms with E-state index in [1.165, 1.54) is 0 Å². The molecular formula is C23H20IN3O2S. The predicted octanol–water partition coefficient (Wildman–Crippen LogP) is 5.08. The smallest absolute Gasteiger partial charge is 0.258 e. The van der Waals surface area contributed by atoms with Crippen LogP contribution in [0.4, 0.5) is 11.4 Å². The van der Waals surface area contributed by atoms with Gasteiger partial charge in [-0.05, 0) is 84.2 Å². The first-order valence-electron chi connectivity index (χ1n) is 9.33. The fourth-order valence-electron chi connectivity index (χ4n) is 2.92. The molecule has 7 heteroatoms. The summed E-state index contributed by atoms with van der Waals surface area (Å²) in [5.41, 5.74) is 2.53. The third-order valence-corrected chi connectivity index (χ3v) is 5.49. The number of amides is 2. The molecule has 0 aromatic heterocycles. The van der Waals surface area contributed by atoms with Crippen LogP contribution in [-0.4, -0.2) is 23.5 Å². The average molecular weight is 529 g/mol. The number of anilines is 2. The van der Waals surface area contributed by atoms with Crippen molar-refractivity contribution in [3.05, 3.63) is 93.6 Å². The normalized spacial score (nSPS) is 10.2. The van der Waals surface area contributed by atoms with Gasteiger partial charge in [0.25, 0.3) is 11.8 Å². The van der Waals surface area contributed by atoms with Gasteiger partial charge in [0, 0.05) is 27.1 Å². The number of hydrogen-bond donors (Lipinski definition) is 2. The molecule has 0 heterocycles. The summed E-state index contributed by atoms with van der Waals surface area (Å²) in [5, 5.41) is 5.82. The number of para-hydroxylation sites is 1. The lowest BCUT2D eigenvalue weighted by molar-refractivity contribution is 0.0972. The van der Waals surface area contributed by atoms with Gasteiger partial charge in [0.15, 0.2) is 5.11 Å². The molecule has 0 saturated heterocycles. The topological polar surface area (TPSA) is 61.4 Å². The molecule has 30 heavy (non-hydrogen) atoms. The number of nitrogens with one attached hydrogen (secondary N) is 2. The summed E-state index contributed by atoms with van der Waals surface area (Å²) in [6.07, 6.45) is 0. The molecule has 2 amide bonds. The Morgan fingerprint density at radius 1 is 0.967 bits per heavy atom. The lowest BCUT2D eigenvalue weighted by Gasteiger charge is -2.21. The van der Waals surface area contributed by atoms with Crippen LogP contribution >= 0.6 is 34.8 Å². The second-order valence-corrected chi connectivity index (χ2v) is 7.92. The number of halogens is 1. The molecule has 0 spiro atoms. The van der Waals surface area contributed by atoms with Gasteiger partial charge in [-0.3, -0.25) is 14.9 Å². The lowest BCUT2D eigenvalue weighted by Crippen LogP contribution is -2.34. The Kier molecular flexibility index (Phi) is 7.53. The zero-order chi connectivity index (χ0) is 21.5. The van der Waals surface area contributed by atoms with Crippen LogP contribution in [0.2, 0.25) is 0 Å². The van der Waals surface area contributed by atoms with E-state index in [4.69, 9.17) is 12.2 Å². The average Bonchev–Trinajstić information content (AvgIpc) is 2.75. The molecule has 0 saturated carbocycles. The van der Waals surface area contributed by atoms with Gasteiger partial charge in [-0.25, -0.2) is 0 Å². The Hall–Kier alpha value is -2.78. The minimum absolute atomic E-state index is 0.110. The maximum absolute atomic E-state index is 13.0. The third-order valence-electron chi connectivity index (χ3n) is 4.34. The number of nitrogens with zero attached hydrogens (tertiary/aromatic N) is 1. The summed E-state index contributed by atoms with van der Waals surface area (Å²) in [4.78, 5) is 27.1. The van der Waals surface area contributed by atoms with Crippen LogP contribution in [0.15, 0.2) is 78.9 Å². The van der Waals surface area contributed by atoms with E-state index in [9.17, 15) is 9.59 Å². The van der Waals surface area contributed by atoms with Crippen molar-refractivity contribution in [2.75, 3.05) is 16.8 Å². The second-order valence-electron chi connectivity index (χ2n) is 6.35. The molecule has 0 fully saturated rings. The Morgan fingerprint density at radius 3 is 2.37 bits per heavy atom. The molecule has 0 aliphatic rings. The zero-order valence-corrected chi connectivity index (χ0v) is 19.2. The molecule has 152 valence electrons. The molecule has 2 N–H and O–H groups in total. The van der Waals surface area contributed by atoms with Crippen molar-refractivity contribution in [3.63, 3.8) is 0 Å². The first kappa shape index (κ1) is 21.9. The molecule has 0 aliphatic heterocycles. The summed E-state index contributed by atoms with van der Waals surface area (Å²) in [6, 6.07) is 23.8. The molecule has 0 radical (unpaired) electrons. The molecule has 5 nitrogen and oxygen atoms in total. The highest BCUT2D eigenvalue weighted by Gasteiger charge is 2.17. The van der Waals surface area contributed by atoms with Crippen molar-refractivity contribution >= 4 is 63.1 Å². The first-order chi connectivity index (χ1) is 14.5. The quantitative estimate of drug-likeness (QED) is 0.358. The Balaban J connectivity index is 1.70. The number of hydrogen-bond acceptors (Lipinski definition) is 3. The van der Waals surface area contributed by atoms with Crippen LogP contribution in [0.25, 0.3) is 0 Å². The van der Waals surface area contributed by atoms with Crippen molar-refractivity contribution in [2.45, 2.75) is 6.92 Å². The Bertz CT molecular complexity index is 1070. The van der Waals surface area contributed by atoms with Crippen molar-refractivity contribution in [1.82, 2.24) is 5.32 Å².